The van der Waals surface area contributed by atoms with Crippen molar-refractivity contribution in [2.75, 3.05) is 4.90 Å². The number of imide groups is 1. The lowest BCUT2D eigenvalue weighted by Crippen LogP contribution is -2.31. The van der Waals surface area contributed by atoms with Gasteiger partial charge in [-0.2, -0.15) is 0 Å². The zero-order valence-electron chi connectivity index (χ0n) is 22.1. The molecule has 0 unspecified atom stereocenters. The fraction of sp³-hybridized carbons (Fsp3) is 0.0588. The second-order valence-corrected chi connectivity index (χ2v) is 12.6. The number of rotatable bonds is 3. The third-order valence-corrected chi connectivity index (χ3v) is 9.98. The van der Waals surface area contributed by atoms with E-state index >= 15 is 0 Å². The number of hydrogen-bond acceptors (Lipinski definition) is 6. The van der Waals surface area contributed by atoms with E-state index < -0.39 is 0 Å². The summed E-state index contributed by atoms with van der Waals surface area (Å²) in [6.45, 7) is 4.06. The van der Waals surface area contributed by atoms with Gasteiger partial charge in [-0.3, -0.25) is 19.6 Å². The smallest absolute Gasteiger partial charge is 0.266 e. The van der Waals surface area contributed by atoms with Crippen molar-refractivity contribution in [3.63, 3.8) is 0 Å². The lowest BCUT2D eigenvalue weighted by atomic mass is 9.93. The van der Waals surface area contributed by atoms with Gasteiger partial charge in [-0.15, -0.1) is 22.7 Å². The molecule has 4 aromatic heterocycles. The Bertz CT molecular complexity index is 2190. The summed E-state index contributed by atoms with van der Waals surface area (Å²) < 4.78 is 2.17. The molecule has 1 aliphatic heterocycles. The van der Waals surface area contributed by atoms with E-state index in [1.165, 1.54) is 4.90 Å². The molecule has 0 atom stereocenters. The van der Waals surface area contributed by atoms with Crippen LogP contribution in [-0.2, 0) is 9.59 Å². The summed E-state index contributed by atoms with van der Waals surface area (Å²) in [4.78, 5) is 42.1. The molecule has 7 heteroatoms. The van der Waals surface area contributed by atoms with Gasteiger partial charge in [0.15, 0.2) is 0 Å². The lowest BCUT2D eigenvalue weighted by molar-refractivity contribution is -0.119. The summed E-state index contributed by atoms with van der Waals surface area (Å²) in [7, 11) is 0. The largest absolute Gasteiger partial charge is 0.268 e. The number of aromatic nitrogens is 2. The van der Waals surface area contributed by atoms with Crippen LogP contribution in [0.2, 0.25) is 0 Å². The SMILES string of the molecule is Cc1sc2ccccc2c1C1=C(c2c(C)sc3ccccc23)C(=O)N(c2cc3cccnc3c3ncccc23)C1=O. The number of carbonyl (C=O) groups is 2. The third kappa shape index (κ3) is 3.40. The molecule has 1 aliphatic rings. The summed E-state index contributed by atoms with van der Waals surface area (Å²) in [6.07, 6.45) is 3.44. The fourth-order valence-electron chi connectivity index (χ4n) is 6.11. The van der Waals surface area contributed by atoms with Gasteiger partial charge in [0.1, 0.15) is 0 Å². The number of benzene rings is 3. The minimum Gasteiger partial charge on any atom is -0.268 e. The quantitative estimate of drug-likeness (QED) is 0.159. The first-order chi connectivity index (χ1) is 20.0. The highest BCUT2D eigenvalue weighted by Crippen LogP contribution is 2.48. The Morgan fingerprint density at radius 2 is 1.12 bits per heavy atom. The predicted octanol–water partition coefficient (Wildman–Crippen LogP) is 8.31. The number of hydrogen-bond donors (Lipinski definition) is 0. The van der Waals surface area contributed by atoms with E-state index in [0.717, 1.165) is 52.0 Å². The summed E-state index contributed by atoms with van der Waals surface area (Å²) in [5, 5.41) is 3.49. The van der Waals surface area contributed by atoms with Crippen molar-refractivity contribution in [3.05, 3.63) is 112 Å². The van der Waals surface area contributed by atoms with Gasteiger partial charge in [0.25, 0.3) is 11.8 Å². The van der Waals surface area contributed by atoms with Gasteiger partial charge < -0.3 is 0 Å². The van der Waals surface area contributed by atoms with Crippen LogP contribution in [-0.4, -0.2) is 21.8 Å². The number of anilines is 1. The Balaban J connectivity index is 1.47. The Morgan fingerprint density at radius 3 is 1.73 bits per heavy atom. The summed E-state index contributed by atoms with van der Waals surface area (Å²) >= 11 is 3.29. The van der Waals surface area contributed by atoms with Gasteiger partial charge in [0.2, 0.25) is 0 Å². The predicted molar refractivity (Wildman–Crippen MR) is 169 cm³/mol. The van der Waals surface area contributed by atoms with Crippen LogP contribution in [0.15, 0.2) is 91.3 Å². The molecule has 8 rings (SSSR count). The number of amides is 2. The summed E-state index contributed by atoms with van der Waals surface area (Å²) in [5.74, 6) is -0.639. The molecule has 41 heavy (non-hydrogen) atoms. The molecule has 0 bridgehead atoms. The third-order valence-electron chi connectivity index (χ3n) is 7.81. The lowest BCUT2D eigenvalue weighted by Gasteiger charge is -2.19. The van der Waals surface area contributed by atoms with Gasteiger partial charge in [-0.1, -0.05) is 42.5 Å². The molecule has 5 heterocycles. The monoisotopic (exact) mass is 567 g/mol. The van der Waals surface area contributed by atoms with Crippen LogP contribution in [0.5, 0.6) is 0 Å². The van der Waals surface area contributed by atoms with Crippen molar-refractivity contribution >= 4 is 93.3 Å². The number of pyridine rings is 2. The Hall–Kier alpha value is -4.72. The molecule has 3 aromatic carbocycles. The van der Waals surface area contributed by atoms with E-state index in [4.69, 9.17) is 0 Å². The van der Waals surface area contributed by atoms with Gasteiger partial charge in [-0.25, -0.2) is 4.90 Å². The van der Waals surface area contributed by atoms with Crippen LogP contribution in [0.3, 0.4) is 0 Å². The molecule has 0 spiro atoms. The standard InChI is InChI=1S/C34H21N3O2S2/c1-18-27(22-10-3-5-13-25(22)40-18)29-30(28-19(2)41-26-14-6-4-11-23(26)28)34(39)37(33(29)38)24-17-20-9-7-15-35-31(20)32-21(24)12-8-16-36-32/h3-17H,1-2H3. The minimum atomic E-state index is -0.320. The van der Waals surface area contributed by atoms with E-state index in [9.17, 15) is 9.59 Å². The van der Waals surface area contributed by atoms with Crippen LogP contribution in [0, 0.1) is 13.8 Å². The van der Waals surface area contributed by atoms with Crippen LogP contribution < -0.4 is 4.90 Å². The van der Waals surface area contributed by atoms with E-state index in [2.05, 4.69) is 22.1 Å². The molecular formula is C34H21N3O2S2. The molecule has 2 amide bonds. The zero-order valence-corrected chi connectivity index (χ0v) is 23.8. The van der Waals surface area contributed by atoms with Crippen molar-refractivity contribution < 1.29 is 9.59 Å². The van der Waals surface area contributed by atoms with Crippen molar-refractivity contribution in [2.45, 2.75) is 13.8 Å². The summed E-state index contributed by atoms with van der Waals surface area (Å²) in [6, 6.07) is 25.6. The molecule has 0 N–H and O–H groups in total. The number of thiophene rings is 2. The van der Waals surface area contributed by atoms with Crippen LogP contribution >= 0.6 is 22.7 Å². The van der Waals surface area contributed by atoms with Gasteiger partial charge in [-0.05, 0) is 50.2 Å². The molecule has 0 saturated carbocycles. The Morgan fingerprint density at radius 1 is 0.610 bits per heavy atom. The van der Waals surface area contributed by atoms with Gasteiger partial charge in [0.05, 0.1) is 27.9 Å². The van der Waals surface area contributed by atoms with Gasteiger partial charge in [0, 0.05) is 64.2 Å². The fourth-order valence-corrected chi connectivity index (χ4v) is 8.25. The molecule has 0 fully saturated rings. The molecule has 196 valence electrons. The number of carbonyl (C=O) groups excluding carboxylic acids is 2. The first-order valence-corrected chi connectivity index (χ1v) is 14.9. The van der Waals surface area contributed by atoms with E-state index in [-0.39, 0.29) is 11.8 Å². The second-order valence-electron chi connectivity index (χ2n) is 10.1. The zero-order chi connectivity index (χ0) is 27.8. The van der Waals surface area contributed by atoms with E-state index in [1.54, 1.807) is 35.1 Å². The molecule has 5 nitrogen and oxygen atoms in total. The maximum atomic E-state index is 14.8. The molecular weight excluding hydrogens is 547 g/mol. The number of fused-ring (bicyclic) bond motifs is 5. The normalized spacial score (nSPS) is 14.0. The second kappa shape index (κ2) is 8.89. The highest BCUT2D eigenvalue weighted by atomic mass is 32.1. The number of nitrogens with zero attached hydrogens (tertiary/aromatic N) is 3. The average Bonchev–Trinajstić information content (AvgIpc) is 3.58. The topological polar surface area (TPSA) is 63.2 Å². The van der Waals surface area contributed by atoms with Crippen LogP contribution in [0.4, 0.5) is 5.69 Å². The van der Waals surface area contributed by atoms with Crippen molar-refractivity contribution in [1.82, 2.24) is 9.97 Å². The molecule has 0 radical (unpaired) electrons. The van der Waals surface area contributed by atoms with Crippen LogP contribution in [0.25, 0.3) is 53.1 Å². The minimum absolute atomic E-state index is 0.320. The van der Waals surface area contributed by atoms with Crippen molar-refractivity contribution in [1.29, 1.82) is 0 Å². The Labute approximate surface area is 243 Å². The average molecular weight is 568 g/mol. The van der Waals surface area contributed by atoms with E-state index in [0.29, 0.717) is 27.7 Å². The molecule has 7 aromatic rings. The van der Waals surface area contributed by atoms with Gasteiger partial charge >= 0.3 is 0 Å². The Kier molecular flexibility index (Phi) is 5.23. The van der Waals surface area contributed by atoms with E-state index in [1.807, 2.05) is 80.6 Å². The maximum Gasteiger partial charge on any atom is 0.266 e. The van der Waals surface area contributed by atoms with Crippen molar-refractivity contribution in [2.24, 2.45) is 0 Å². The van der Waals surface area contributed by atoms with Crippen molar-refractivity contribution in [3.8, 4) is 0 Å². The maximum absolute atomic E-state index is 14.8. The summed E-state index contributed by atoms with van der Waals surface area (Å²) in [5.41, 5.74) is 4.50. The number of aryl methyl sites for hydroxylation is 2. The molecule has 0 aliphatic carbocycles. The first kappa shape index (κ1) is 24.1. The van der Waals surface area contributed by atoms with Crippen LogP contribution in [0.1, 0.15) is 20.9 Å². The highest BCUT2D eigenvalue weighted by molar-refractivity contribution is 7.20. The first-order valence-electron chi connectivity index (χ1n) is 13.3. The highest BCUT2D eigenvalue weighted by Gasteiger charge is 2.44. The molecule has 0 saturated heterocycles.